The van der Waals surface area contributed by atoms with Gasteiger partial charge in [0.05, 0.1) is 22.0 Å². The molecule has 0 aromatic heterocycles. The molecule has 0 fully saturated rings. The highest BCUT2D eigenvalue weighted by Crippen LogP contribution is 2.40. The summed E-state index contributed by atoms with van der Waals surface area (Å²) < 4.78 is 39.0. The molecule has 0 aliphatic heterocycles. The van der Waals surface area contributed by atoms with Crippen LogP contribution in [0.1, 0.15) is 12.5 Å². The van der Waals surface area contributed by atoms with E-state index in [1.54, 1.807) is 30.3 Å². The molecule has 24 heavy (non-hydrogen) atoms. The van der Waals surface area contributed by atoms with Gasteiger partial charge in [0.25, 0.3) is 5.91 Å². The van der Waals surface area contributed by atoms with E-state index in [9.17, 15) is 23.1 Å². The minimum Gasteiger partial charge on any atom is -0.384 e. The van der Waals surface area contributed by atoms with Crippen LogP contribution in [0, 0.1) is 0 Å². The topological polar surface area (TPSA) is 61.4 Å². The Balaban J connectivity index is 2.47. The smallest absolute Gasteiger partial charge is 0.384 e. The van der Waals surface area contributed by atoms with Crippen LogP contribution >= 0.6 is 11.6 Å². The van der Waals surface area contributed by atoms with Crippen LogP contribution < -0.4 is 10.6 Å². The number of halogens is 4. The maximum atomic E-state index is 13.0. The predicted molar refractivity (Wildman–Crippen MR) is 86.5 cm³/mol. The average molecular weight is 359 g/mol. The third-order valence-electron chi connectivity index (χ3n) is 3.10. The van der Waals surface area contributed by atoms with E-state index < -0.39 is 28.8 Å². The SMILES string of the molecule is CC(O)C(=O)Nc1cc(C(F)(F)F)c(Cl)cc1Nc1ccccc1. The number of aliphatic hydroxyl groups excluding tert-OH is 1. The maximum Gasteiger partial charge on any atom is 0.417 e. The van der Waals surface area contributed by atoms with E-state index in [0.29, 0.717) is 5.69 Å². The number of benzene rings is 2. The van der Waals surface area contributed by atoms with E-state index in [4.69, 9.17) is 11.6 Å². The maximum absolute atomic E-state index is 13.0. The zero-order valence-electron chi connectivity index (χ0n) is 12.5. The Bertz CT molecular complexity index is 734. The Kier molecular flexibility index (Phi) is 5.36. The quantitative estimate of drug-likeness (QED) is 0.758. The fourth-order valence-electron chi connectivity index (χ4n) is 1.91. The van der Waals surface area contributed by atoms with Crippen LogP contribution in [0.2, 0.25) is 5.02 Å². The zero-order valence-corrected chi connectivity index (χ0v) is 13.2. The third kappa shape index (κ3) is 4.39. The van der Waals surface area contributed by atoms with E-state index >= 15 is 0 Å². The van der Waals surface area contributed by atoms with Crippen LogP contribution in [0.3, 0.4) is 0 Å². The van der Waals surface area contributed by atoms with Gasteiger partial charge in [-0.3, -0.25) is 4.79 Å². The number of aliphatic hydroxyl groups is 1. The second kappa shape index (κ2) is 7.11. The van der Waals surface area contributed by atoms with Crippen molar-refractivity contribution in [1.29, 1.82) is 0 Å². The number of para-hydroxylation sites is 1. The summed E-state index contributed by atoms with van der Waals surface area (Å²) in [5.74, 6) is -0.832. The second-order valence-corrected chi connectivity index (χ2v) is 5.44. The summed E-state index contributed by atoms with van der Waals surface area (Å²) in [6.45, 7) is 1.21. The first-order chi connectivity index (χ1) is 11.2. The van der Waals surface area contributed by atoms with Gasteiger partial charge in [-0.2, -0.15) is 13.2 Å². The number of nitrogens with one attached hydrogen (secondary N) is 2. The van der Waals surface area contributed by atoms with Gasteiger partial charge in [0.15, 0.2) is 0 Å². The van der Waals surface area contributed by atoms with Gasteiger partial charge in [0.1, 0.15) is 6.10 Å². The van der Waals surface area contributed by atoms with Gasteiger partial charge >= 0.3 is 6.18 Å². The molecule has 2 rings (SSSR count). The first kappa shape index (κ1) is 18.1. The Hall–Kier alpha value is -2.25. The van der Waals surface area contributed by atoms with E-state index in [2.05, 4.69) is 10.6 Å². The molecule has 2 aromatic rings. The molecule has 0 aliphatic carbocycles. The molecule has 0 heterocycles. The molecule has 2 aromatic carbocycles. The summed E-state index contributed by atoms with van der Waals surface area (Å²) in [7, 11) is 0. The molecule has 0 bridgehead atoms. The standard InChI is InChI=1S/C16H14ClF3N2O2/c1-9(23)15(24)22-13-7-11(16(18,19)20)12(17)8-14(13)21-10-5-3-2-4-6-10/h2-9,21,23H,1H3,(H,22,24). The molecular weight excluding hydrogens is 345 g/mol. The molecule has 0 saturated carbocycles. The largest absolute Gasteiger partial charge is 0.417 e. The van der Waals surface area contributed by atoms with Gasteiger partial charge in [-0.1, -0.05) is 29.8 Å². The van der Waals surface area contributed by atoms with E-state index in [0.717, 1.165) is 12.1 Å². The molecule has 4 nitrogen and oxygen atoms in total. The number of hydrogen-bond donors (Lipinski definition) is 3. The Morgan fingerprint density at radius 2 is 1.79 bits per heavy atom. The van der Waals surface area contributed by atoms with Gasteiger partial charge in [-0.05, 0) is 31.2 Å². The van der Waals surface area contributed by atoms with Crippen LogP contribution in [0.5, 0.6) is 0 Å². The third-order valence-corrected chi connectivity index (χ3v) is 3.42. The van der Waals surface area contributed by atoms with Crippen molar-refractivity contribution in [3.8, 4) is 0 Å². The van der Waals surface area contributed by atoms with Crippen molar-refractivity contribution in [2.75, 3.05) is 10.6 Å². The number of amides is 1. The summed E-state index contributed by atoms with van der Waals surface area (Å²) in [5.41, 5.74) is -0.445. The highest BCUT2D eigenvalue weighted by atomic mass is 35.5. The minimum absolute atomic E-state index is 0.138. The fraction of sp³-hybridized carbons (Fsp3) is 0.188. The predicted octanol–water partition coefficient (Wildman–Crippen LogP) is 4.42. The Morgan fingerprint density at radius 1 is 1.17 bits per heavy atom. The summed E-state index contributed by atoms with van der Waals surface area (Å²) in [4.78, 5) is 11.7. The number of hydrogen-bond acceptors (Lipinski definition) is 3. The second-order valence-electron chi connectivity index (χ2n) is 5.03. The molecule has 0 spiro atoms. The van der Waals surface area contributed by atoms with Crippen LogP contribution in [-0.4, -0.2) is 17.1 Å². The van der Waals surface area contributed by atoms with Crippen LogP contribution in [0.15, 0.2) is 42.5 Å². The minimum atomic E-state index is -4.67. The Labute approximate surface area is 141 Å². The number of rotatable bonds is 4. The molecule has 0 radical (unpaired) electrons. The normalized spacial score (nSPS) is 12.6. The van der Waals surface area contributed by atoms with Gasteiger partial charge in [0.2, 0.25) is 0 Å². The van der Waals surface area contributed by atoms with Crippen LogP contribution in [-0.2, 0) is 11.0 Å². The first-order valence-corrected chi connectivity index (χ1v) is 7.28. The average Bonchev–Trinajstić information content (AvgIpc) is 2.49. The monoisotopic (exact) mass is 358 g/mol. The number of anilines is 3. The van der Waals surface area contributed by atoms with E-state index in [1.165, 1.54) is 6.92 Å². The van der Waals surface area contributed by atoms with Crippen molar-refractivity contribution in [3.05, 3.63) is 53.1 Å². The lowest BCUT2D eigenvalue weighted by molar-refractivity contribution is -0.137. The van der Waals surface area contributed by atoms with Gasteiger partial charge in [-0.25, -0.2) is 0 Å². The van der Waals surface area contributed by atoms with Crippen molar-refractivity contribution in [3.63, 3.8) is 0 Å². The lowest BCUT2D eigenvalue weighted by Gasteiger charge is -2.18. The number of carbonyl (C=O) groups is 1. The van der Waals surface area contributed by atoms with Gasteiger partial charge in [0, 0.05) is 5.69 Å². The van der Waals surface area contributed by atoms with Crippen molar-refractivity contribution >= 4 is 34.6 Å². The lowest BCUT2D eigenvalue weighted by Crippen LogP contribution is -2.25. The summed E-state index contributed by atoms with van der Waals surface area (Å²) in [6, 6.07) is 10.5. The molecule has 0 saturated heterocycles. The van der Waals surface area contributed by atoms with Gasteiger partial charge < -0.3 is 15.7 Å². The highest BCUT2D eigenvalue weighted by molar-refractivity contribution is 6.32. The molecule has 1 amide bonds. The van der Waals surface area contributed by atoms with E-state index in [1.807, 2.05) is 0 Å². The van der Waals surface area contributed by atoms with Gasteiger partial charge in [-0.15, -0.1) is 0 Å². The Morgan fingerprint density at radius 3 is 2.33 bits per heavy atom. The summed E-state index contributed by atoms with van der Waals surface area (Å²) in [5, 5.41) is 13.9. The molecule has 128 valence electrons. The molecule has 8 heteroatoms. The zero-order chi connectivity index (χ0) is 17.9. The molecule has 0 aliphatic rings. The summed E-state index contributed by atoms with van der Waals surface area (Å²) >= 11 is 5.73. The van der Waals surface area contributed by atoms with Crippen LogP contribution in [0.25, 0.3) is 0 Å². The lowest BCUT2D eigenvalue weighted by atomic mass is 10.1. The molecule has 3 N–H and O–H groups in total. The summed E-state index contributed by atoms with van der Waals surface area (Å²) in [6.07, 6.45) is -6.05. The van der Waals surface area contributed by atoms with Crippen molar-refractivity contribution in [2.45, 2.75) is 19.2 Å². The fourth-order valence-corrected chi connectivity index (χ4v) is 2.18. The van der Waals surface area contributed by atoms with E-state index in [-0.39, 0.29) is 11.4 Å². The van der Waals surface area contributed by atoms with Crippen LogP contribution in [0.4, 0.5) is 30.2 Å². The van der Waals surface area contributed by atoms with Crippen molar-refractivity contribution in [1.82, 2.24) is 0 Å². The molecular formula is C16H14ClF3N2O2. The first-order valence-electron chi connectivity index (χ1n) is 6.90. The number of carbonyl (C=O) groups excluding carboxylic acids is 1. The highest BCUT2D eigenvalue weighted by Gasteiger charge is 2.34. The number of alkyl halides is 3. The molecule has 1 unspecified atom stereocenters. The van der Waals surface area contributed by atoms with Crippen molar-refractivity contribution in [2.24, 2.45) is 0 Å². The molecule has 1 atom stereocenters. The van der Waals surface area contributed by atoms with Crippen molar-refractivity contribution < 1.29 is 23.1 Å².